The highest BCUT2D eigenvalue weighted by molar-refractivity contribution is 5.99. The molecule has 1 aromatic rings. The maximum absolute atomic E-state index is 13.0. The van der Waals surface area contributed by atoms with E-state index in [9.17, 15) is 9.59 Å². The van der Waals surface area contributed by atoms with Crippen LogP contribution in [0.5, 0.6) is 0 Å². The van der Waals surface area contributed by atoms with E-state index in [2.05, 4.69) is 10.3 Å². The summed E-state index contributed by atoms with van der Waals surface area (Å²) in [6.45, 7) is 2.24. The van der Waals surface area contributed by atoms with Crippen molar-refractivity contribution in [3.05, 3.63) is 30.1 Å². The topological polar surface area (TPSA) is 62.3 Å². The fraction of sp³-hybridized carbons (Fsp3) is 0.562. The van der Waals surface area contributed by atoms with E-state index in [1.54, 1.807) is 24.2 Å². The lowest BCUT2D eigenvalue weighted by Gasteiger charge is -2.46. The smallest absolute Gasteiger partial charge is 0.249 e. The molecule has 2 heterocycles. The van der Waals surface area contributed by atoms with Crippen molar-refractivity contribution in [2.24, 2.45) is 0 Å². The molecule has 1 atom stereocenters. The Hall–Kier alpha value is -1.91. The summed E-state index contributed by atoms with van der Waals surface area (Å²) in [4.78, 5) is 31.0. The molecule has 1 saturated heterocycles. The number of pyridine rings is 1. The molecule has 5 nitrogen and oxygen atoms in total. The lowest BCUT2D eigenvalue weighted by Crippen LogP contribution is -2.69. The fourth-order valence-corrected chi connectivity index (χ4v) is 3.38. The van der Waals surface area contributed by atoms with Crippen molar-refractivity contribution < 1.29 is 9.59 Å². The van der Waals surface area contributed by atoms with Crippen molar-refractivity contribution in [3.8, 4) is 0 Å². The SMILES string of the molecule is CC1C(=O)NC2(CCCCC2)C(=O)N1Cc1cccnc1. The quantitative estimate of drug-likeness (QED) is 0.899. The third-order valence-corrected chi connectivity index (χ3v) is 4.66. The van der Waals surface area contributed by atoms with Crippen LogP contribution in [-0.4, -0.2) is 33.3 Å². The third-order valence-electron chi connectivity index (χ3n) is 4.66. The Kier molecular flexibility index (Phi) is 3.66. The molecule has 2 fully saturated rings. The van der Waals surface area contributed by atoms with E-state index in [4.69, 9.17) is 0 Å². The van der Waals surface area contributed by atoms with Crippen molar-refractivity contribution in [2.45, 2.75) is 57.2 Å². The summed E-state index contributed by atoms with van der Waals surface area (Å²) in [7, 11) is 0. The molecule has 1 aromatic heterocycles. The molecule has 1 saturated carbocycles. The summed E-state index contributed by atoms with van der Waals surface area (Å²) in [5.41, 5.74) is 0.294. The van der Waals surface area contributed by atoms with Crippen LogP contribution in [0.4, 0.5) is 0 Å². The average Bonchev–Trinajstić information content (AvgIpc) is 2.52. The molecule has 1 aliphatic carbocycles. The van der Waals surface area contributed by atoms with Crippen molar-refractivity contribution in [2.75, 3.05) is 0 Å². The Labute approximate surface area is 124 Å². The summed E-state index contributed by atoms with van der Waals surface area (Å²) in [6.07, 6.45) is 8.12. The third kappa shape index (κ3) is 2.52. The van der Waals surface area contributed by atoms with Gasteiger partial charge < -0.3 is 10.2 Å². The number of nitrogens with zero attached hydrogens (tertiary/aromatic N) is 2. The molecule has 1 unspecified atom stereocenters. The number of carbonyl (C=O) groups is 2. The number of carbonyl (C=O) groups excluding carboxylic acids is 2. The molecular weight excluding hydrogens is 266 g/mol. The van der Waals surface area contributed by atoms with Gasteiger partial charge in [0, 0.05) is 18.9 Å². The number of rotatable bonds is 2. The minimum absolute atomic E-state index is 0.0413. The molecular formula is C16H21N3O2. The molecule has 5 heteroatoms. The van der Waals surface area contributed by atoms with E-state index in [0.717, 1.165) is 37.7 Å². The van der Waals surface area contributed by atoms with E-state index in [-0.39, 0.29) is 11.8 Å². The second-order valence-electron chi connectivity index (χ2n) is 6.10. The van der Waals surface area contributed by atoms with Gasteiger partial charge in [0.2, 0.25) is 11.8 Å². The normalized spacial score (nSPS) is 25.0. The Balaban J connectivity index is 1.86. The number of hydrogen-bond acceptors (Lipinski definition) is 3. The molecule has 1 aliphatic heterocycles. The van der Waals surface area contributed by atoms with Crippen LogP contribution >= 0.6 is 0 Å². The summed E-state index contributed by atoms with van der Waals surface area (Å²) in [5.74, 6) is 0.0264. The molecule has 3 rings (SSSR count). The van der Waals surface area contributed by atoms with Crippen molar-refractivity contribution in [1.82, 2.24) is 15.2 Å². The van der Waals surface area contributed by atoms with Gasteiger partial charge in [-0.05, 0) is 31.4 Å². The van der Waals surface area contributed by atoms with Crippen LogP contribution in [-0.2, 0) is 16.1 Å². The summed E-state index contributed by atoms with van der Waals surface area (Å²) < 4.78 is 0. The van der Waals surface area contributed by atoms with E-state index >= 15 is 0 Å². The zero-order valence-corrected chi connectivity index (χ0v) is 12.3. The predicted octanol–water partition coefficient (Wildman–Crippen LogP) is 1.63. The summed E-state index contributed by atoms with van der Waals surface area (Å²) >= 11 is 0. The van der Waals surface area contributed by atoms with E-state index in [1.165, 1.54) is 0 Å². The molecule has 1 N–H and O–H groups in total. The molecule has 2 aliphatic rings. The first-order chi connectivity index (χ1) is 10.1. The summed E-state index contributed by atoms with van der Waals surface area (Å²) in [6, 6.07) is 3.36. The number of amides is 2. The van der Waals surface area contributed by atoms with Crippen LogP contribution in [0.25, 0.3) is 0 Å². The van der Waals surface area contributed by atoms with Crippen molar-refractivity contribution in [1.29, 1.82) is 0 Å². The number of aromatic nitrogens is 1. The second-order valence-corrected chi connectivity index (χ2v) is 6.10. The fourth-order valence-electron chi connectivity index (χ4n) is 3.38. The molecule has 0 bridgehead atoms. The summed E-state index contributed by atoms with van der Waals surface area (Å²) in [5, 5.41) is 3.00. The van der Waals surface area contributed by atoms with Crippen LogP contribution in [0, 0.1) is 0 Å². The first-order valence-electron chi connectivity index (χ1n) is 7.64. The van der Waals surface area contributed by atoms with E-state index < -0.39 is 11.6 Å². The van der Waals surface area contributed by atoms with Gasteiger partial charge in [0.25, 0.3) is 0 Å². The molecule has 112 valence electrons. The molecule has 0 radical (unpaired) electrons. The van der Waals surface area contributed by atoms with Crippen molar-refractivity contribution >= 4 is 11.8 Å². The largest absolute Gasteiger partial charge is 0.340 e. The molecule has 21 heavy (non-hydrogen) atoms. The number of piperazine rings is 1. The Morgan fingerprint density at radius 1 is 1.33 bits per heavy atom. The van der Waals surface area contributed by atoms with Gasteiger partial charge in [0.05, 0.1) is 0 Å². The van der Waals surface area contributed by atoms with Crippen LogP contribution in [0.2, 0.25) is 0 Å². The minimum atomic E-state index is -0.663. The maximum Gasteiger partial charge on any atom is 0.249 e. The van der Waals surface area contributed by atoms with Gasteiger partial charge in [-0.3, -0.25) is 14.6 Å². The van der Waals surface area contributed by atoms with Crippen LogP contribution < -0.4 is 5.32 Å². The predicted molar refractivity (Wildman–Crippen MR) is 78.2 cm³/mol. The van der Waals surface area contributed by atoms with Gasteiger partial charge in [-0.2, -0.15) is 0 Å². The van der Waals surface area contributed by atoms with Gasteiger partial charge in [0.1, 0.15) is 11.6 Å². The highest BCUT2D eigenvalue weighted by Gasteiger charge is 2.49. The Morgan fingerprint density at radius 2 is 2.10 bits per heavy atom. The maximum atomic E-state index is 13.0. The zero-order valence-electron chi connectivity index (χ0n) is 12.3. The van der Waals surface area contributed by atoms with E-state index in [0.29, 0.717) is 6.54 Å². The number of hydrogen-bond donors (Lipinski definition) is 1. The highest BCUT2D eigenvalue weighted by atomic mass is 16.2. The lowest BCUT2D eigenvalue weighted by atomic mass is 9.78. The van der Waals surface area contributed by atoms with Gasteiger partial charge in [0.15, 0.2) is 0 Å². The highest BCUT2D eigenvalue weighted by Crippen LogP contribution is 2.33. The van der Waals surface area contributed by atoms with Crippen LogP contribution in [0.1, 0.15) is 44.6 Å². The van der Waals surface area contributed by atoms with Crippen molar-refractivity contribution in [3.63, 3.8) is 0 Å². The Morgan fingerprint density at radius 3 is 2.76 bits per heavy atom. The van der Waals surface area contributed by atoms with E-state index in [1.807, 2.05) is 12.1 Å². The average molecular weight is 287 g/mol. The standard InChI is InChI=1S/C16H21N3O2/c1-12-14(20)18-16(7-3-2-4-8-16)15(21)19(12)11-13-6-5-9-17-10-13/h5-6,9-10,12H,2-4,7-8,11H2,1H3,(H,18,20). The van der Waals surface area contributed by atoms with Crippen LogP contribution in [0.3, 0.4) is 0 Å². The van der Waals surface area contributed by atoms with Crippen LogP contribution in [0.15, 0.2) is 24.5 Å². The van der Waals surface area contributed by atoms with Gasteiger partial charge in [-0.15, -0.1) is 0 Å². The van der Waals surface area contributed by atoms with Gasteiger partial charge >= 0.3 is 0 Å². The lowest BCUT2D eigenvalue weighted by molar-refractivity contribution is -0.156. The van der Waals surface area contributed by atoms with Gasteiger partial charge in [-0.25, -0.2) is 0 Å². The minimum Gasteiger partial charge on any atom is -0.340 e. The first-order valence-corrected chi connectivity index (χ1v) is 7.64. The molecule has 0 aromatic carbocycles. The zero-order chi connectivity index (χ0) is 14.9. The van der Waals surface area contributed by atoms with Gasteiger partial charge in [-0.1, -0.05) is 25.3 Å². The molecule has 2 amide bonds. The molecule has 1 spiro atoms. The second kappa shape index (κ2) is 5.47. The number of nitrogens with one attached hydrogen (secondary N) is 1. The first kappa shape index (κ1) is 14.0. The Bertz CT molecular complexity index is 538. The monoisotopic (exact) mass is 287 g/mol.